The highest BCUT2D eigenvalue weighted by Gasteiger charge is 2.33. The molecule has 1 aliphatic heterocycles. The quantitative estimate of drug-likeness (QED) is 0.370. The minimum Gasteiger partial charge on any atom is -0.392 e. The Balaban J connectivity index is 1.72. The Morgan fingerprint density at radius 2 is 1.97 bits per heavy atom. The molecule has 33 heavy (non-hydrogen) atoms. The van der Waals surface area contributed by atoms with E-state index in [9.17, 15) is 13.9 Å². The molecule has 0 aliphatic carbocycles. The lowest BCUT2D eigenvalue weighted by Gasteiger charge is -2.30. The van der Waals surface area contributed by atoms with Gasteiger partial charge in [-0.3, -0.25) is 0 Å². The number of aliphatic hydroxyl groups excluding tert-OH is 1. The number of hydrogen-bond acceptors (Lipinski definition) is 3. The second-order valence-electron chi connectivity index (χ2n) is 8.07. The van der Waals surface area contributed by atoms with Crippen LogP contribution in [0.5, 0.6) is 0 Å². The van der Waals surface area contributed by atoms with E-state index in [0.29, 0.717) is 28.8 Å². The van der Waals surface area contributed by atoms with Crippen LogP contribution in [0.4, 0.5) is 8.78 Å². The molecule has 2 aromatic carbocycles. The number of rotatable bonds is 5. The predicted molar refractivity (Wildman–Crippen MR) is 130 cm³/mol. The van der Waals surface area contributed by atoms with E-state index < -0.39 is 11.2 Å². The summed E-state index contributed by atoms with van der Waals surface area (Å²) in [6, 6.07) is 10.2. The van der Waals surface area contributed by atoms with Gasteiger partial charge in [-0.05, 0) is 60.9 Å². The third-order valence-electron chi connectivity index (χ3n) is 5.86. The average Bonchev–Trinajstić information content (AvgIpc) is 3.23. The number of imidazole rings is 1. The Hall–Kier alpha value is -2.12. The van der Waals surface area contributed by atoms with E-state index in [4.69, 9.17) is 23.2 Å². The summed E-state index contributed by atoms with van der Waals surface area (Å²) >= 11 is 13.9. The first-order valence-corrected chi connectivity index (χ1v) is 12.1. The van der Waals surface area contributed by atoms with E-state index >= 15 is 0 Å². The number of aromatic nitrogens is 2. The molecule has 1 unspecified atom stereocenters. The smallest absolute Gasteiger partial charge is 0.168 e. The molecule has 0 fully saturated rings. The van der Waals surface area contributed by atoms with Gasteiger partial charge < -0.3 is 9.67 Å². The third kappa shape index (κ3) is 5.04. The number of fused-ring (bicyclic) bond motifs is 1. The van der Waals surface area contributed by atoms with Gasteiger partial charge in [0, 0.05) is 29.0 Å². The van der Waals surface area contributed by atoms with E-state index in [1.54, 1.807) is 30.4 Å². The average molecular weight is 507 g/mol. The molecule has 0 spiro atoms. The van der Waals surface area contributed by atoms with Gasteiger partial charge in [0.05, 0.1) is 22.8 Å². The lowest BCUT2D eigenvalue weighted by atomic mass is 9.76. The van der Waals surface area contributed by atoms with E-state index in [1.165, 1.54) is 23.9 Å². The molecule has 2 heterocycles. The Morgan fingerprint density at radius 1 is 1.15 bits per heavy atom. The van der Waals surface area contributed by atoms with Crippen molar-refractivity contribution in [3.8, 4) is 0 Å². The van der Waals surface area contributed by atoms with Crippen molar-refractivity contribution in [2.24, 2.45) is 0 Å². The van der Waals surface area contributed by atoms with Crippen molar-refractivity contribution < 1.29 is 13.9 Å². The Labute approximate surface area is 205 Å². The zero-order valence-electron chi connectivity index (χ0n) is 17.9. The monoisotopic (exact) mass is 506 g/mol. The predicted octanol–water partition coefficient (Wildman–Crippen LogP) is 7.23. The van der Waals surface area contributed by atoms with Crippen LogP contribution in [0.3, 0.4) is 0 Å². The van der Waals surface area contributed by atoms with Crippen LogP contribution >= 0.6 is 35.0 Å². The molecule has 8 heteroatoms. The molecule has 0 amide bonds. The molecule has 172 valence electrons. The van der Waals surface area contributed by atoms with Crippen LogP contribution in [0.15, 0.2) is 71.8 Å². The highest BCUT2D eigenvalue weighted by Crippen LogP contribution is 2.41. The van der Waals surface area contributed by atoms with Gasteiger partial charge in [-0.15, -0.1) is 0 Å². The van der Waals surface area contributed by atoms with Crippen LogP contribution in [0.2, 0.25) is 10.0 Å². The van der Waals surface area contributed by atoms with Crippen LogP contribution in [0, 0.1) is 5.82 Å². The van der Waals surface area contributed by atoms with Crippen molar-refractivity contribution in [2.45, 2.75) is 42.8 Å². The molecule has 0 saturated carbocycles. The second kappa shape index (κ2) is 10.0. The lowest BCUT2D eigenvalue weighted by Crippen LogP contribution is -2.26. The minimum atomic E-state index is -0.594. The first kappa shape index (κ1) is 24.0. The SMILES string of the molecule is CC1(c2ccc(Cl)c(Cl)c2)CC=C(F)C=CCn2c1cnc2SCc1ccc(F)c(CO)c1. The summed E-state index contributed by atoms with van der Waals surface area (Å²) in [4.78, 5) is 4.66. The maximum absolute atomic E-state index is 14.4. The fourth-order valence-corrected chi connectivity index (χ4v) is 5.16. The van der Waals surface area contributed by atoms with Gasteiger partial charge in [-0.1, -0.05) is 53.2 Å². The van der Waals surface area contributed by atoms with Gasteiger partial charge in [-0.25, -0.2) is 13.8 Å². The van der Waals surface area contributed by atoms with Crippen molar-refractivity contribution in [3.05, 3.63) is 105 Å². The Kier molecular flexibility index (Phi) is 7.29. The number of halogens is 4. The van der Waals surface area contributed by atoms with Gasteiger partial charge >= 0.3 is 0 Å². The molecule has 0 radical (unpaired) electrons. The van der Waals surface area contributed by atoms with Gasteiger partial charge in [0.2, 0.25) is 0 Å². The largest absolute Gasteiger partial charge is 0.392 e. The molecule has 1 atom stereocenters. The molecule has 1 aromatic heterocycles. The summed E-state index contributed by atoms with van der Waals surface area (Å²) in [6.45, 7) is 2.13. The molecule has 1 aliphatic rings. The maximum atomic E-state index is 14.4. The summed E-state index contributed by atoms with van der Waals surface area (Å²) in [7, 11) is 0. The van der Waals surface area contributed by atoms with Crippen molar-refractivity contribution in [2.75, 3.05) is 0 Å². The zero-order chi connectivity index (χ0) is 23.6. The van der Waals surface area contributed by atoms with Gasteiger partial charge in [-0.2, -0.15) is 0 Å². The molecule has 0 saturated heterocycles. The van der Waals surface area contributed by atoms with Crippen LogP contribution in [0.1, 0.15) is 35.7 Å². The number of nitrogens with zero attached hydrogens (tertiary/aromatic N) is 2. The standard InChI is InChI=1S/C25H22Cl2F2N2OS/c1-25(18-5-6-20(26)21(27)12-18)9-8-19(28)3-2-10-31-23(25)13-30-24(31)33-15-16-4-7-22(29)17(11-16)14-32/h2-8,11-13,32H,9-10,14-15H2,1H3. The molecule has 1 N–H and O–H groups in total. The molecule has 3 nitrogen and oxygen atoms in total. The number of hydrogen-bond donors (Lipinski definition) is 1. The van der Waals surface area contributed by atoms with Gasteiger partial charge in [0.15, 0.2) is 5.16 Å². The lowest BCUT2D eigenvalue weighted by molar-refractivity contribution is 0.275. The van der Waals surface area contributed by atoms with Crippen molar-refractivity contribution in [1.29, 1.82) is 0 Å². The van der Waals surface area contributed by atoms with Gasteiger partial charge in [0.25, 0.3) is 0 Å². The highest BCUT2D eigenvalue weighted by atomic mass is 35.5. The second-order valence-corrected chi connectivity index (χ2v) is 9.82. The topological polar surface area (TPSA) is 38.0 Å². The fraction of sp³-hybridized carbons (Fsp3) is 0.240. The third-order valence-corrected chi connectivity index (χ3v) is 7.66. The van der Waals surface area contributed by atoms with Gasteiger partial charge in [0.1, 0.15) is 11.6 Å². The van der Waals surface area contributed by atoms with Crippen molar-refractivity contribution in [1.82, 2.24) is 9.55 Å². The van der Waals surface area contributed by atoms with Crippen molar-refractivity contribution in [3.63, 3.8) is 0 Å². The summed E-state index contributed by atoms with van der Waals surface area (Å²) in [5.74, 6) is -0.175. The van der Waals surface area contributed by atoms with E-state index in [0.717, 1.165) is 22.0 Å². The highest BCUT2D eigenvalue weighted by molar-refractivity contribution is 7.98. The van der Waals surface area contributed by atoms with E-state index in [2.05, 4.69) is 9.55 Å². The Bertz CT molecular complexity index is 1240. The maximum Gasteiger partial charge on any atom is 0.168 e. The van der Waals surface area contributed by atoms with Crippen LogP contribution in [0.25, 0.3) is 0 Å². The van der Waals surface area contributed by atoms with Crippen LogP contribution in [-0.2, 0) is 24.3 Å². The normalized spacial score (nSPS) is 18.3. The zero-order valence-corrected chi connectivity index (χ0v) is 20.2. The number of thioether (sulfide) groups is 1. The number of benzene rings is 2. The van der Waals surface area contributed by atoms with Crippen LogP contribution < -0.4 is 0 Å². The molecule has 0 bridgehead atoms. The summed E-state index contributed by atoms with van der Waals surface area (Å²) in [6.07, 6.45) is 7.04. The number of aliphatic hydroxyl groups is 1. The minimum absolute atomic E-state index is 0.264. The van der Waals surface area contributed by atoms with Crippen LogP contribution in [-0.4, -0.2) is 14.7 Å². The first-order chi connectivity index (χ1) is 15.8. The molecule has 3 aromatic rings. The summed E-state index contributed by atoms with van der Waals surface area (Å²) < 4.78 is 30.1. The molecule has 4 rings (SSSR count). The summed E-state index contributed by atoms with van der Waals surface area (Å²) in [5, 5.41) is 11.0. The molecular weight excluding hydrogens is 485 g/mol. The van der Waals surface area contributed by atoms with Crippen molar-refractivity contribution >= 4 is 35.0 Å². The molecular formula is C25H22Cl2F2N2OS. The summed E-state index contributed by atoms with van der Waals surface area (Å²) in [5.41, 5.74) is 2.38. The first-order valence-electron chi connectivity index (χ1n) is 10.4. The Morgan fingerprint density at radius 3 is 2.73 bits per heavy atom. The van der Waals surface area contributed by atoms with E-state index in [-0.39, 0.29) is 18.0 Å². The fourth-order valence-electron chi connectivity index (χ4n) is 3.93. The number of allylic oxidation sites excluding steroid dienone is 4. The van der Waals surface area contributed by atoms with E-state index in [1.807, 2.05) is 25.3 Å².